The molecule has 8 heteroatoms. The average Bonchev–Trinajstić information content (AvgIpc) is 2.94. The molecule has 2 N–H and O–H groups in total. The molecule has 3 rings (SSSR count). The topological polar surface area (TPSA) is 91.5 Å². The summed E-state index contributed by atoms with van der Waals surface area (Å²) in [4.78, 5) is 37.8. The van der Waals surface area contributed by atoms with Crippen molar-refractivity contribution in [2.45, 2.75) is 30.7 Å². The van der Waals surface area contributed by atoms with Gasteiger partial charge in [-0.15, -0.1) is 11.3 Å². The zero-order chi connectivity index (χ0) is 15.5. The molecule has 6 nitrogen and oxygen atoms in total. The second kappa shape index (κ2) is 6.45. The maximum Gasteiger partial charge on any atom is 0.268 e. The van der Waals surface area contributed by atoms with E-state index in [1.165, 1.54) is 29.2 Å². The van der Waals surface area contributed by atoms with Crippen LogP contribution in [0, 0.1) is 0 Å². The van der Waals surface area contributed by atoms with Crippen molar-refractivity contribution in [3.8, 4) is 0 Å². The van der Waals surface area contributed by atoms with Crippen molar-refractivity contribution >= 4 is 33.3 Å². The van der Waals surface area contributed by atoms with Crippen LogP contribution in [0.25, 0.3) is 10.2 Å². The summed E-state index contributed by atoms with van der Waals surface area (Å²) in [5.41, 5.74) is 1.20. The maximum atomic E-state index is 11.9. The van der Waals surface area contributed by atoms with Crippen molar-refractivity contribution in [3.05, 3.63) is 49.7 Å². The second-order valence-electron chi connectivity index (χ2n) is 4.73. The van der Waals surface area contributed by atoms with Crippen LogP contribution in [-0.2, 0) is 12.2 Å². The zero-order valence-corrected chi connectivity index (χ0v) is 13.5. The van der Waals surface area contributed by atoms with Crippen LogP contribution in [0.1, 0.15) is 24.9 Å². The highest BCUT2D eigenvalue weighted by molar-refractivity contribution is 7.98. The van der Waals surface area contributed by atoms with Gasteiger partial charge in [0.1, 0.15) is 10.5 Å². The highest BCUT2D eigenvalue weighted by atomic mass is 32.2. The third kappa shape index (κ3) is 3.28. The van der Waals surface area contributed by atoms with Crippen LogP contribution in [0.4, 0.5) is 0 Å². The molecule has 114 valence electrons. The summed E-state index contributed by atoms with van der Waals surface area (Å²) in [6.07, 6.45) is 1.71. The first-order valence-corrected chi connectivity index (χ1v) is 8.71. The van der Waals surface area contributed by atoms with Crippen LogP contribution >= 0.6 is 23.1 Å². The van der Waals surface area contributed by atoms with E-state index >= 15 is 0 Å². The second-order valence-corrected chi connectivity index (χ2v) is 6.61. The molecular formula is C14H14N4O2S2. The van der Waals surface area contributed by atoms with Gasteiger partial charge in [-0.1, -0.05) is 25.1 Å². The zero-order valence-electron chi connectivity index (χ0n) is 11.9. The molecule has 0 fully saturated rings. The van der Waals surface area contributed by atoms with E-state index in [4.69, 9.17) is 0 Å². The molecule has 0 atom stereocenters. The molecule has 0 aliphatic rings. The molecular weight excluding hydrogens is 320 g/mol. The van der Waals surface area contributed by atoms with E-state index < -0.39 is 0 Å². The Balaban J connectivity index is 1.81. The van der Waals surface area contributed by atoms with E-state index in [2.05, 4.69) is 19.9 Å². The van der Waals surface area contributed by atoms with Crippen LogP contribution in [0.2, 0.25) is 0 Å². The van der Waals surface area contributed by atoms with E-state index in [1.807, 2.05) is 18.4 Å². The number of rotatable bonds is 5. The molecule has 3 aromatic rings. The molecule has 0 saturated carbocycles. The van der Waals surface area contributed by atoms with Crippen LogP contribution in [-0.4, -0.2) is 19.9 Å². The molecule has 0 aliphatic heterocycles. The fourth-order valence-corrected chi connectivity index (χ4v) is 3.55. The fraction of sp³-hybridized carbons (Fsp3) is 0.286. The predicted octanol–water partition coefficient (Wildman–Crippen LogP) is 2.31. The number of aromatic amines is 2. The van der Waals surface area contributed by atoms with Gasteiger partial charge in [-0.05, 0) is 17.9 Å². The summed E-state index contributed by atoms with van der Waals surface area (Å²) in [5, 5.41) is 2.39. The maximum absolute atomic E-state index is 11.9. The molecule has 0 unspecified atom stereocenters. The van der Waals surface area contributed by atoms with Crippen LogP contribution in [0.3, 0.4) is 0 Å². The van der Waals surface area contributed by atoms with Gasteiger partial charge in [-0.3, -0.25) is 9.59 Å². The summed E-state index contributed by atoms with van der Waals surface area (Å²) in [5.74, 6) is 1.02. The van der Waals surface area contributed by atoms with Gasteiger partial charge in [0, 0.05) is 11.8 Å². The lowest BCUT2D eigenvalue weighted by Crippen LogP contribution is -2.11. The smallest absolute Gasteiger partial charge is 0.268 e. The molecule has 0 radical (unpaired) electrons. The molecule has 3 aromatic heterocycles. The fourth-order valence-electron chi connectivity index (χ4n) is 2.06. The van der Waals surface area contributed by atoms with E-state index in [1.54, 1.807) is 0 Å². The first kappa shape index (κ1) is 15.0. The van der Waals surface area contributed by atoms with Crippen LogP contribution < -0.4 is 11.1 Å². The lowest BCUT2D eigenvalue weighted by atomic mass is 10.2. The number of nitrogens with one attached hydrogen (secondary N) is 2. The van der Waals surface area contributed by atoms with E-state index in [9.17, 15) is 9.59 Å². The van der Waals surface area contributed by atoms with Crippen molar-refractivity contribution in [2.24, 2.45) is 0 Å². The molecule has 0 spiro atoms. The highest BCUT2D eigenvalue weighted by Crippen LogP contribution is 2.19. The van der Waals surface area contributed by atoms with Gasteiger partial charge in [-0.25, -0.2) is 9.97 Å². The Morgan fingerprint density at radius 2 is 2.14 bits per heavy atom. The first-order valence-electron chi connectivity index (χ1n) is 6.85. The Labute approximate surface area is 134 Å². The summed E-state index contributed by atoms with van der Waals surface area (Å²) in [6, 6.07) is 3.34. The first-order chi connectivity index (χ1) is 10.7. The van der Waals surface area contributed by atoms with E-state index in [0.717, 1.165) is 18.5 Å². The molecule has 3 heterocycles. The van der Waals surface area contributed by atoms with Gasteiger partial charge in [0.2, 0.25) is 0 Å². The molecule has 0 bridgehead atoms. The minimum Gasteiger partial charge on any atom is -0.309 e. The van der Waals surface area contributed by atoms with Gasteiger partial charge >= 0.3 is 0 Å². The Bertz CT molecular complexity index is 913. The van der Waals surface area contributed by atoms with Crippen molar-refractivity contribution < 1.29 is 0 Å². The van der Waals surface area contributed by atoms with Gasteiger partial charge in [-0.2, -0.15) is 0 Å². The van der Waals surface area contributed by atoms with Crippen molar-refractivity contribution in [3.63, 3.8) is 0 Å². The van der Waals surface area contributed by atoms with Gasteiger partial charge in [0.05, 0.1) is 11.3 Å². The number of nitrogens with zero attached hydrogens (tertiary/aromatic N) is 2. The SMILES string of the molecule is CCCc1cc(=O)[nH]c(SCc2nc3ccsc3c(=O)[nH]2)n1. The number of aromatic nitrogens is 4. The number of H-pyrrole nitrogens is 2. The standard InChI is InChI=1S/C14H14N4O2S2/c1-2-3-8-6-11(19)18-14(15-8)22-7-10-16-9-4-5-21-12(9)13(20)17-10/h4-6H,2-3,7H2,1H3,(H,15,18,19)(H,16,17,20). The monoisotopic (exact) mass is 334 g/mol. The Hall–Kier alpha value is -1.93. The lowest BCUT2D eigenvalue weighted by Gasteiger charge is -2.03. The number of fused-ring (bicyclic) bond motifs is 1. The van der Waals surface area contributed by atoms with Gasteiger partial charge in [0.25, 0.3) is 11.1 Å². The summed E-state index contributed by atoms with van der Waals surface area (Å²) < 4.78 is 0.630. The predicted molar refractivity (Wildman–Crippen MR) is 88.7 cm³/mol. The minimum atomic E-state index is -0.157. The third-order valence-electron chi connectivity index (χ3n) is 2.99. The van der Waals surface area contributed by atoms with E-state index in [0.29, 0.717) is 27.0 Å². The molecule has 0 aromatic carbocycles. The number of aryl methyl sites for hydroxylation is 1. The Morgan fingerprint density at radius 1 is 1.27 bits per heavy atom. The normalized spacial score (nSPS) is 11.1. The Morgan fingerprint density at radius 3 is 2.95 bits per heavy atom. The number of hydrogen-bond acceptors (Lipinski definition) is 6. The van der Waals surface area contributed by atoms with Gasteiger partial charge < -0.3 is 9.97 Å². The molecule has 0 amide bonds. The van der Waals surface area contributed by atoms with E-state index in [-0.39, 0.29) is 11.1 Å². The number of hydrogen-bond donors (Lipinski definition) is 2. The number of thiophene rings is 1. The molecule has 0 aliphatic carbocycles. The molecule has 0 saturated heterocycles. The minimum absolute atomic E-state index is 0.128. The number of thioether (sulfide) groups is 1. The summed E-state index contributed by atoms with van der Waals surface area (Å²) in [7, 11) is 0. The summed E-state index contributed by atoms with van der Waals surface area (Å²) >= 11 is 2.73. The van der Waals surface area contributed by atoms with Crippen molar-refractivity contribution in [1.29, 1.82) is 0 Å². The van der Waals surface area contributed by atoms with Crippen LogP contribution in [0.15, 0.2) is 32.3 Å². The summed E-state index contributed by atoms with van der Waals surface area (Å²) in [6.45, 7) is 2.04. The van der Waals surface area contributed by atoms with Gasteiger partial charge in [0.15, 0.2) is 5.16 Å². The largest absolute Gasteiger partial charge is 0.309 e. The third-order valence-corrected chi connectivity index (χ3v) is 4.78. The van der Waals surface area contributed by atoms with Crippen molar-refractivity contribution in [2.75, 3.05) is 0 Å². The van der Waals surface area contributed by atoms with Crippen molar-refractivity contribution in [1.82, 2.24) is 19.9 Å². The molecule has 22 heavy (non-hydrogen) atoms. The Kier molecular flexibility index (Phi) is 4.39. The lowest BCUT2D eigenvalue weighted by molar-refractivity contribution is 0.815. The van der Waals surface area contributed by atoms with Crippen LogP contribution in [0.5, 0.6) is 0 Å². The highest BCUT2D eigenvalue weighted by Gasteiger charge is 2.07. The average molecular weight is 334 g/mol. The quantitative estimate of drug-likeness (QED) is 0.552.